The van der Waals surface area contributed by atoms with Crippen LogP contribution in [0, 0.1) is 11.3 Å². The smallest absolute Gasteiger partial charge is 0.234 e. The Morgan fingerprint density at radius 3 is 2.79 bits per heavy atom. The molecule has 2 N–H and O–H groups in total. The maximum absolute atomic E-state index is 12.6. The first kappa shape index (κ1) is 20.4. The molecule has 7 nitrogen and oxygen atoms in total. The van der Waals surface area contributed by atoms with Gasteiger partial charge in [0.05, 0.1) is 24.1 Å². The molecule has 148 valence electrons. The van der Waals surface area contributed by atoms with Gasteiger partial charge >= 0.3 is 0 Å². The number of carbonyl (C=O) groups excluding carboxylic acids is 1. The fraction of sp³-hybridized carbons (Fsp3) is 0.474. The summed E-state index contributed by atoms with van der Waals surface area (Å²) >= 11 is 2.72. The van der Waals surface area contributed by atoms with Crippen molar-refractivity contribution in [1.82, 2.24) is 15.5 Å². The van der Waals surface area contributed by atoms with Gasteiger partial charge in [-0.3, -0.25) is 4.79 Å². The van der Waals surface area contributed by atoms with Crippen molar-refractivity contribution in [3.05, 3.63) is 24.3 Å². The summed E-state index contributed by atoms with van der Waals surface area (Å²) in [4.78, 5) is 12.6. The number of hydrogen-bond acceptors (Lipinski definition) is 8. The quantitative estimate of drug-likeness (QED) is 0.654. The van der Waals surface area contributed by atoms with Crippen molar-refractivity contribution in [3.63, 3.8) is 0 Å². The van der Waals surface area contributed by atoms with Crippen LogP contribution in [0.4, 0.5) is 10.8 Å². The number of rotatable bonds is 7. The van der Waals surface area contributed by atoms with Gasteiger partial charge in [0, 0.05) is 0 Å². The van der Waals surface area contributed by atoms with E-state index in [2.05, 4.69) is 26.9 Å². The first-order chi connectivity index (χ1) is 13.5. The first-order valence-electron chi connectivity index (χ1n) is 9.19. The van der Waals surface area contributed by atoms with Gasteiger partial charge in [0.2, 0.25) is 11.0 Å². The van der Waals surface area contributed by atoms with Gasteiger partial charge in [-0.25, -0.2) is 0 Å². The Morgan fingerprint density at radius 2 is 2.07 bits per heavy atom. The molecule has 2 aromatic rings. The van der Waals surface area contributed by atoms with Crippen molar-refractivity contribution in [2.45, 2.75) is 54.2 Å². The Hall–Kier alpha value is -2.31. The number of ether oxygens (including phenoxy) is 1. The fourth-order valence-electron chi connectivity index (χ4n) is 3.13. The Kier molecular flexibility index (Phi) is 6.75. The van der Waals surface area contributed by atoms with Crippen LogP contribution in [0.1, 0.15) is 39.0 Å². The normalized spacial score (nSPS) is 16.6. The van der Waals surface area contributed by atoms with Crippen molar-refractivity contribution in [1.29, 1.82) is 5.26 Å². The number of para-hydroxylation sites is 2. The van der Waals surface area contributed by atoms with Gasteiger partial charge in [0.15, 0.2) is 4.34 Å². The summed E-state index contributed by atoms with van der Waals surface area (Å²) in [6, 6.07) is 9.88. The zero-order valence-corrected chi connectivity index (χ0v) is 17.5. The van der Waals surface area contributed by atoms with E-state index in [-0.39, 0.29) is 11.2 Å². The number of methoxy groups -OCH3 is 1. The molecule has 1 heterocycles. The highest BCUT2D eigenvalue weighted by Crippen LogP contribution is 2.34. The second-order valence-corrected chi connectivity index (χ2v) is 9.27. The lowest BCUT2D eigenvalue weighted by Crippen LogP contribution is -2.50. The molecule has 1 aromatic carbocycles. The van der Waals surface area contributed by atoms with Crippen LogP contribution in [-0.4, -0.2) is 34.0 Å². The summed E-state index contributed by atoms with van der Waals surface area (Å²) in [5.74, 6) is 0.580. The van der Waals surface area contributed by atoms with Crippen molar-refractivity contribution in [2.75, 3.05) is 12.4 Å². The molecule has 28 heavy (non-hydrogen) atoms. The average molecular weight is 418 g/mol. The number of aromatic nitrogens is 2. The summed E-state index contributed by atoms with van der Waals surface area (Å²) in [6.45, 7) is 1.82. The van der Waals surface area contributed by atoms with Crippen LogP contribution in [-0.2, 0) is 4.79 Å². The molecule has 0 aliphatic heterocycles. The second-order valence-electron chi connectivity index (χ2n) is 6.70. The number of amides is 1. The monoisotopic (exact) mass is 417 g/mol. The van der Waals surface area contributed by atoms with E-state index in [0.717, 1.165) is 37.8 Å². The van der Waals surface area contributed by atoms with E-state index in [1.165, 1.54) is 23.1 Å². The third-order valence-electron chi connectivity index (χ3n) is 4.69. The molecule has 0 bridgehead atoms. The molecule has 0 unspecified atom stereocenters. The highest BCUT2D eigenvalue weighted by Gasteiger charge is 2.35. The zero-order valence-electron chi connectivity index (χ0n) is 15.9. The van der Waals surface area contributed by atoms with E-state index < -0.39 is 5.54 Å². The van der Waals surface area contributed by atoms with Gasteiger partial charge in [-0.05, 0) is 31.9 Å². The van der Waals surface area contributed by atoms with Crippen LogP contribution >= 0.6 is 23.1 Å². The van der Waals surface area contributed by atoms with E-state index >= 15 is 0 Å². The molecule has 0 saturated heterocycles. The SMILES string of the molecule is COc1ccccc1Nc1nnc(S[C@H](C)C(=O)NC2(C#N)CCCCC2)s1. The van der Waals surface area contributed by atoms with Gasteiger partial charge < -0.3 is 15.4 Å². The molecule has 1 atom stereocenters. The van der Waals surface area contributed by atoms with Gasteiger partial charge in [0.25, 0.3) is 0 Å². The maximum atomic E-state index is 12.6. The molecule has 0 radical (unpaired) electrons. The Labute approximate surface area is 172 Å². The van der Waals surface area contributed by atoms with E-state index in [0.29, 0.717) is 15.2 Å². The maximum Gasteiger partial charge on any atom is 0.234 e. The van der Waals surface area contributed by atoms with Crippen molar-refractivity contribution in [3.8, 4) is 11.8 Å². The highest BCUT2D eigenvalue weighted by atomic mass is 32.2. The number of benzene rings is 1. The van der Waals surface area contributed by atoms with Gasteiger partial charge in [-0.1, -0.05) is 54.5 Å². The number of nitrogens with zero attached hydrogens (tertiary/aromatic N) is 3. The second kappa shape index (κ2) is 9.26. The van der Waals surface area contributed by atoms with Gasteiger partial charge in [0.1, 0.15) is 11.3 Å². The van der Waals surface area contributed by atoms with Crippen LogP contribution in [0.15, 0.2) is 28.6 Å². The third-order valence-corrected chi connectivity index (χ3v) is 6.71. The molecule has 1 amide bonds. The number of nitrogens with one attached hydrogen (secondary N) is 2. The van der Waals surface area contributed by atoms with Crippen molar-refractivity contribution < 1.29 is 9.53 Å². The summed E-state index contributed by atoms with van der Waals surface area (Å²) < 4.78 is 6.01. The summed E-state index contributed by atoms with van der Waals surface area (Å²) in [5.41, 5.74) is 0.0822. The molecule has 1 saturated carbocycles. The molecular formula is C19H23N5O2S2. The summed E-state index contributed by atoms with van der Waals surface area (Å²) in [5, 5.41) is 24.3. The molecule has 3 rings (SSSR count). The molecule has 1 aliphatic carbocycles. The minimum Gasteiger partial charge on any atom is -0.495 e. The highest BCUT2D eigenvalue weighted by molar-refractivity contribution is 8.02. The molecule has 9 heteroatoms. The number of hydrogen-bond donors (Lipinski definition) is 2. The molecular weight excluding hydrogens is 394 g/mol. The molecule has 0 spiro atoms. The summed E-state index contributed by atoms with van der Waals surface area (Å²) in [6.07, 6.45) is 4.51. The average Bonchev–Trinajstić information content (AvgIpc) is 3.15. The number of nitriles is 1. The predicted octanol–water partition coefficient (Wildman–Crippen LogP) is 4.11. The van der Waals surface area contributed by atoms with Crippen LogP contribution < -0.4 is 15.4 Å². The van der Waals surface area contributed by atoms with Crippen LogP contribution in [0.5, 0.6) is 5.75 Å². The van der Waals surface area contributed by atoms with Crippen molar-refractivity contribution >= 4 is 39.8 Å². The van der Waals surface area contributed by atoms with Gasteiger partial charge in [-0.2, -0.15) is 5.26 Å². The lowest BCUT2D eigenvalue weighted by atomic mass is 9.83. The Bertz CT molecular complexity index is 858. The minimum absolute atomic E-state index is 0.136. The number of carbonyl (C=O) groups is 1. The fourth-order valence-corrected chi connectivity index (χ4v) is 5.04. The molecule has 1 aliphatic rings. The van der Waals surface area contributed by atoms with Crippen molar-refractivity contribution in [2.24, 2.45) is 0 Å². The Balaban J connectivity index is 1.59. The van der Waals surface area contributed by atoms with Crippen LogP contribution in [0.2, 0.25) is 0 Å². The first-order valence-corrected chi connectivity index (χ1v) is 10.9. The topological polar surface area (TPSA) is 99.9 Å². The van der Waals surface area contributed by atoms with E-state index in [1.54, 1.807) is 7.11 Å². The summed E-state index contributed by atoms with van der Waals surface area (Å²) in [7, 11) is 1.61. The van der Waals surface area contributed by atoms with Crippen LogP contribution in [0.25, 0.3) is 0 Å². The largest absolute Gasteiger partial charge is 0.495 e. The number of thioether (sulfide) groups is 1. The van der Waals surface area contributed by atoms with Gasteiger partial charge in [-0.15, -0.1) is 10.2 Å². The third kappa shape index (κ3) is 4.94. The standard InChI is InChI=1S/C19H23N5O2S2/c1-13(16(25)22-19(12-20)10-6-3-7-11-19)27-18-24-23-17(28-18)21-14-8-4-5-9-15(14)26-2/h4-5,8-9,13H,3,6-7,10-11H2,1-2H3,(H,21,23)(H,22,25)/t13-/m1/s1. The number of anilines is 2. The Morgan fingerprint density at radius 1 is 1.32 bits per heavy atom. The molecule has 1 fully saturated rings. The van der Waals surface area contributed by atoms with E-state index in [1.807, 2.05) is 31.2 Å². The zero-order chi connectivity index (χ0) is 20.0. The lowest BCUT2D eigenvalue weighted by Gasteiger charge is -2.32. The molecule has 1 aromatic heterocycles. The van der Waals surface area contributed by atoms with E-state index in [4.69, 9.17) is 4.74 Å². The van der Waals surface area contributed by atoms with E-state index in [9.17, 15) is 10.1 Å². The lowest BCUT2D eigenvalue weighted by molar-refractivity contribution is -0.121. The minimum atomic E-state index is -0.720. The predicted molar refractivity (Wildman–Crippen MR) is 111 cm³/mol. The van der Waals surface area contributed by atoms with Crippen LogP contribution in [0.3, 0.4) is 0 Å².